The number of allylic oxidation sites excluding steroid dienone is 10. The first-order valence-electron chi connectivity index (χ1n) is 33.3. The van der Waals surface area contributed by atoms with Crippen LogP contribution in [0.15, 0.2) is 60.8 Å². The number of carboxylic acid groups (broad SMARTS) is 1. The fourth-order valence-corrected chi connectivity index (χ4v) is 10.0. The minimum atomic E-state index is -1.91. The van der Waals surface area contributed by atoms with E-state index in [0.29, 0.717) is 19.3 Å². The van der Waals surface area contributed by atoms with Crippen LogP contribution in [0.1, 0.15) is 303 Å². The zero-order valence-corrected chi connectivity index (χ0v) is 51.8. The summed E-state index contributed by atoms with van der Waals surface area (Å²) < 4.78 is 28.5. The summed E-state index contributed by atoms with van der Waals surface area (Å²) in [5.74, 6) is -3.13. The molecule has 0 radical (unpaired) electrons. The lowest BCUT2D eigenvalue weighted by molar-refractivity contribution is -0.301. The van der Waals surface area contributed by atoms with E-state index in [1.807, 2.05) is 0 Å². The van der Waals surface area contributed by atoms with Crippen LogP contribution in [0.25, 0.3) is 0 Å². The number of aliphatic hydroxyl groups excluding tert-OH is 2. The van der Waals surface area contributed by atoms with Gasteiger partial charge in [-0.3, -0.25) is 14.4 Å². The van der Waals surface area contributed by atoms with Gasteiger partial charge in [0.05, 0.1) is 6.61 Å². The van der Waals surface area contributed by atoms with Crippen LogP contribution in [0.4, 0.5) is 0 Å². The Bertz CT molecular complexity index is 1640. The van der Waals surface area contributed by atoms with E-state index in [-0.39, 0.29) is 25.9 Å². The van der Waals surface area contributed by atoms with E-state index in [1.54, 1.807) is 0 Å². The number of carbonyl (C=O) groups excluding carboxylic acids is 3. The van der Waals surface area contributed by atoms with Gasteiger partial charge in [-0.1, -0.05) is 261 Å². The van der Waals surface area contributed by atoms with Crippen molar-refractivity contribution in [1.82, 2.24) is 0 Å². The highest BCUT2D eigenvalue weighted by Gasteiger charge is 2.50. The molecule has 0 aliphatic carbocycles. The van der Waals surface area contributed by atoms with Gasteiger partial charge < -0.3 is 39.0 Å². The van der Waals surface area contributed by atoms with Crippen molar-refractivity contribution in [3.05, 3.63) is 60.8 Å². The highest BCUT2D eigenvalue weighted by molar-refractivity contribution is 5.74. The zero-order valence-electron chi connectivity index (χ0n) is 51.8. The van der Waals surface area contributed by atoms with E-state index in [4.69, 9.17) is 23.7 Å². The first-order valence-corrected chi connectivity index (χ1v) is 33.3. The molecule has 0 saturated carbocycles. The third kappa shape index (κ3) is 46.5. The summed E-state index contributed by atoms with van der Waals surface area (Å²) in [4.78, 5) is 51.4. The van der Waals surface area contributed by atoms with Crippen molar-refractivity contribution in [3.8, 4) is 0 Å². The Morgan fingerprint density at radius 1 is 0.420 bits per heavy atom. The average molecular weight is 1140 g/mol. The summed E-state index contributed by atoms with van der Waals surface area (Å²) in [7, 11) is 0. The van der Waals surface area contributed by atoms with Gasteiger partial charge in [0.15, 0.2) is 24.6 Å². The number of unbranched alkanes of at least 4 members (excludes halogenated alkanes) is 33. The van der Waals surface area contributed by atoms with Crippen molar-refractivity contribution in [2.45, 2.75) is 340 Å². The molecule has 468 valence electrons. The second-order valence-corrected chi connectivity index (χ2v) is 22.7. The molecule has 0 aromatic rings. The number of ether oxygens (including phenoxy) is 5. The number of hydrogen-bond donors (Lipinski definition) is 3. The highest BCUT2D eigenvalue weighted by Crippen LogP contribution is 2.27. The Morgan fingerprint density at radius 2 is 0.778 bits per heavy atom. The summed E-state index contributed by atoms with van der Waals surface area (Å²) in [5.41, 5.74) is 0. The molecule has 12 heteroatoms. The molecule has 1 rings (SSSR count). The van der Waals surface area contributed by atoms with Crippen LogP contribution in [0.2, 0.25) is 0 Å². The summed E-state index contributed by atoms with van der Waals surface area (Å²) >= 11 is 0. The molecule has 1 aliphatic heterocycles. The van der Waals surface area contributed by atoms with Crippen molar-refractivity contribution < 1.29 is 58.2 Å². The van der Waals surface area contributed by atoms with Gasteiger partial charge >= 0.3 is 23.9 Å². The van der Waals surface area contributed by atoms with Gasteiger partial charge in [0, 0.05) is 19.3 Å². The van der Waals surface area contributed by atoms with Crippen LogP contribution in [-0.2, 0) is 42.9 Å². The van der Waals surface area contributed by atoms with Gasteiger partial charge in [0.1, 0.15) is 18.8 Å². The van der Waals surface area contributed by atoms with Crippen LogP contribution in [0.3, 0.4) is 0 Å². The maximum atomic E-state index is 13.2. The van der Waals surface area contributed by atoms with Gasteiger partial charge in [-0.2, -0.15) is 0 Å². The molecule has 0 amide bonds. The fraction of sp³-hybridized carbons (Fsp3) is 0.797. The van der Waals surface area contributed by atoms with Crippen LogP contribution in [-0.4, -0.2) is 89.2 Å². The fourth-order valence-electron chi connectivity index (χ4n) is 10.0. The number of rotatable bonds is 57. The largest absolute Gasteiger partial charge is 0.479 e. The monoisotopic (exact) mass is 1140 g/mol. The summed E-state index contributed by atoms with van der Waals surface area (Å²) in [6.45, 7) is 5.89. The molecule has 81 heavy (non-hydrogen) atoms. The minimum Gasteiger partial charge on any atom is -0.479 e. The maximum Gasteiger partial charge on any atom is 0.335 e. The second-order valence-electron chi connectivity index (χ2n) is 22.7. The third-order valence-corrected chi connectivity index (χ3v) is 15.1. The molecule has 1 fully saturated rings. The molecule has 1 heterocycles. The van der Waals surface area contributed by atoms with E-state index in [0.717, 1.165) is 128 Å². The maximum absolute atomic E-state index is 13.2. The first kappa shape index (κ1) is 75.4. The van der Waals surface area contributed by atoms with Crippen molar-refractivity contribution >= 4 is 23.9 Å². The normalized spacial score (nSPS) is 18.1. The van der Waals surface area contributed by atoms with Crippen molar-refractivity contribution in [1.29, 1.82) is 0 Å². The Balaban J connectivity index is 2.64. The lowest BCUT2D eigenvalue weighted by Gasteiger charge is -2.40. The number of aliphatic hydroxyl groups is 2. The topological polar surface area (TPSA) is 175 Å². The van der Waals surface area contributed by atoms with E-state index in [9.17, 15) is 34.5 Å². The van der Waals surface area contributed by atoms with Crippen molar-refractivity contribution in [3.63, 3.8) is 0 Å². The lowest BCUT2D eigenvalue weighted by Crippen LogP contribution is -2.61. The lowest BCUT2D eigenvalue weighted by atomic mass is 9.98. The number of hydrogen-bond acceptors (Lipinski definition) is 11. The smallest absolute Gasteiger partial charge is 0.335 e. The Kier molecular flexibility index (Phi) is 53.0. The van der Waals surface area contributed by atoms with Gasteiger partial charge in [-0.25, -0.2) is 4.79 Å². The number of aliphatic carboxylic acids is 1. The van der Waals surface area contributed by atoms with E-state index in [1.165, 1.54) is 116 Å². The number of carbonyl (C=O) groups is 4. The molecule has 0 spiro atoms. The summed E-state index contributed by atoms with van der Waals surface area (Å²) in [6, 6.07) is 0. The molecular formula is C69H120O12. The van der Waals surface area contributed by atoms with Crippen LogP contribution in [0.5, 0.6) is 0 Å². The standard InChI is InChI=1S/C69H120O12/c1-4-7-10-13-16-19-22-25-28-30-31-33-35-37-40-43-46-49-52-55-61(70)77-58-60(79-62(71)56-53-50-47-44-41-38-34-27-24-21-18-15-12-9-6-3)59-78-69-67(65(74)64(73)66(81-69)68(75)76)80-63(72)57-54-51-48-45-42-39-36-32-29-26-23-20-17-14-11-8-5-2/h8,11,17-18,20-21,26-27,29,34,60,64-67,69,73-74H,4-7,9-10,12-16,19,22-25,28,30-33,35-59H2,1-3H3,(H,75,76)/b11-8-,20-17-,21-18-,29-26-,34-27-. The Labute approximate surface area is 494 Å². The minimum absolute atomic E-state index is 0.0480. The second kappa shape index (κ2) is 56.9. The Hall–Kier alpha value is -3.58. The average Bonchev–Trinajstić information content (AvgIpc) is 3.53. The Morgan fingerprint density at radius 3 is 1.21 bits per heavy atom. The van der Waals surface area contributed by atoms with E-state index < -0.39 is 67.3 Å². The van der Waals surface area contributed by atoms with Crippen molar-refractivity contribution in [2.24, 2.45) is 0 Å². The molecule has 6 atom stereocenters. The zero-order chi connectivity index (χ0) is 58.9. The van der Waals surface area contributed by atoms with Gasteiger partial charge in [-0.05, 0) is 83.5 Å². The molecule has 6 unspecified atom stereocenters. The molecule has 0 aromatic carbocycles. The molecule has 1 aliphatic rings. The van der Waals surface area contributed by atoms with Gasteiger partial charge in [-0.15, -0.1) is 0 Å². The van der Waals surface area contributed by atoms with E-state index >= 15 is 0 Å². The predicted octanol–water partition coefficient (Wildman–Crippen LogP) is 17.9. The molecule has 1 saturated heterocycles. The summed E-state index contributed by atoms with van der Waals surface area (Å²) in [6.07, 6.45) is 58.9. The SMILES string of the molecule is CC/C=C\C/C=C\C/C=C\CCCCCCCCCC(=O)OC1C(OCC(COC(=O)CCCCCCCCCCCCCCCCCCCCC)OC(=O)CCCCCCC/C=C\C/C=C\CCCCC)OC(C(=O)O)C(O)C1O. The third-order valence-electron chi connectivity index (χ3n) is 15.1. The van der Waals surface area contributed by atoms with Crippen LogP contribution in [0, 0.1) is 0 Å². The van der Waals surface area contributed by atoms with Crippen molar-refractivity contribution in [2.75, 3.05) is 13.2 Å². The van der Waals surface area contributed by atoms with Crippen LogP contribution >= 0.6 is 0 Å². The van der Waals surface area contributed by atoms with Gasteiger partial charge in [0.2, 0.25) is 0 Å². The molecule has 12 nitrogen and oxygen atoms in total. The van der Waals surface area contributed by atoms with Gasteiger partial charge in [0.25, 0.3) is 0 Å². The first-order chi connectivity index (χ1) is 39.6. The molecular weight excluding hydrogens is 1020 g/mol. The number of carboxylic acids is 1. The molecule has 0 aromatic heterocycles. The van der Waals surface area contributed by atoms with E-state index in [2.05, 4.69) is 81.5 Å². The summed E-state index contributed by atoms with van der Waals surface area (Å²) in [5, 5.41) is 31.6. The predicted molar refractivity (Wildman–Crippen MR) is 331 cm³/mol. The quantitative estimate of drug-likeness (QED) is 0.0228. The molecule has 0 bridgehead atoms. The molecule has 3 N–H and O–H groups in total. The highest BCUT2D eigenvalue weighted by atomic mass is 16.7. The number of esters is 3. The van der Waals surface area contributed by atoms with Crippen LogP contribution < -0.4 is 0 Å².